The number of amides is 1. The van der Waals surface area contributed by atoms with Gasteiger partial charge in [0.2, 0.25) is 5.91 Å². The first-order valence-electron chi connectivity index (χ1n) is 17.3. The van der Waals surface area contributed by atoms with E-state index in [1.165, 1.54) is 21.9 Å². The molecule has 1 amide bonds. The van der Waals surface area contributed by atoms with E-state index in [0.29, 0.717) is 19.3 Å². The Bertz CT molecular complexity index is 2070. The molecule has 9 atom stereocenters. The van der Waals surface area contributed by atoms with Crippen LogP contribution in [-0.2, 0) is 46.5 Å². The summed E-state index contributed by atoms with van der Waals surface area (Å²) in [6.45, 7) is 3.29. The summed E-state index contributed by atoms with van der Waals surface area (Å²) in [5.41, 5.74) is 10.7. The number of nitrogens with zero attached hydrogens (tertiary/aromatic N) is 7. The van der Waals surface area contributed by atoms with Crippen LogP contribution in [-0.4, -0.2) is 134 Å². The lowest BCUT2D eigenvalue weighted by Crippen LogP contribution is -2.43. The molecule has 2 aliphatic heterocycles. The molecular formula is C30H43N9O16P2. The number of nitrogens with two attached hydrogens (primary N) is 2. The third-order valence-corrected chi connectivity index (χ3v) is 10.2. The lowest BCUT2D eigenvalue weighted by Gasteiger charge is -2.26. The fourth-order valence-corrected chi connectivity index (χ4v) is 7.32. The van der Waals surface area contributed by atoms with Gasteiger partial charge in [-0.15, -0.1) is 6.58 Å². The minimum atomic E-state index is -5.37. The second-order valence-corrected chi connectivity index (χ2v) is 15.5. The fraction of sp³-hybridized carbons (Fsp3) is 0.567. The molecule has 0 spiro atoms. The van der Waals surface area contributed by atoms with Crippen LogP contribution in [0, 0.1) is 0 Å². The van der Waals surface area contributed by atoms with E-state index in [1.807, 2.05) is 6.92 Å². The van der Waals surface area contributed by atoms with Gasteiger partial charge in [-0.25, -0.2) is 28.9 Å². The molecular weight excluding hydrogens is 804 g/mol. The summed E-state index contributed by atoms with van der Waals surface area (Å²) in [5, 5.41) is 22.6. The van der Waals surface area contributed by atoms with Crippen molar-refractivity contribution in [1.82, 2.24) is 34.0 Å². The van der Waals surface area contributed by atoms with Gasteiger partial charge in [-0.05, 0) is 18.9 Å². The molecule has 2 saturated heterocycles. The third kappa shape index (κ3) is 10.8. The van der Waals surface area contributed by atoms with E-state index in [0.717, 1.165) is 17.1 Å². The van der Waals surface area contributed by atoms with Gasteiger partial charge in [-0.3, -0.25) is 32.3 Å². The molecule has 27 heteroatoms. The summed E-state index contributed by atoms with van der Waals surface area (Å²) in [7, 11) is -10.5. The number of aromatic nitrogens is 6. The Kier molecular flexibility index (Phi) is 14.3. The second-order valence-electron chi connectivity index (χ2n) is 12.8. The molecule has 5 heterocycles. The molecule has 25 nitrogen and oxygen atoms in total. The number of hydrogen-bond acceptors (Lipinski definition) is 19. The lowest BCUT2D eigenvalue weighted by atomic mass is 10.1. The van der Waals surface area contributed by atoms with Crippen molar-refractivity contribution in [2.75, 3.05) is 37.8 Å². The van der Waals surface area contributed by atoms with Gasteiger partial charge in [-0.2, -0.15) is 4.98 Å². The maximum Gasteiger partial charge on any atom is 0.472 e. The van der Waals surface area contributed by atoms with Gasteiger partial charge in [0.15, 0.2) is 30.0 Å². The average Bonchev–Trinajstić information content (AvgIpc) is 3.80. The standard InChI is InChI=1S/C30H43N9O16P2/c1-3-5-7-19(40)37(9-6-4-2)11-20(41)54-24-16(52-29(22(24)42)39-15-35-21-26(32)33-14-34-27(21)39)13-51-57(48,49)55-25-17(12-50-56(45,46)47)53-28(23(25)43)38-10-8-18(31)36-30(38)44/h3,8,10,14-17,22-25,28-29,42-43H,1,4-7,9,11-13H2,2H3,(H,48,49)(H2,31,36,44)(H2,32,33,34)(H2,45,46,47)/t16-,17-,22-,23-,24-,25-,28-,29-/m1/s1. The maximum absolute atomic E-state index is 13.4. The van der Waals surface area contributed by atoms with Crippen LogP contribution in [0.2, 0.25) is 0 Å². The van der Waals surface area contributed by atoms with Gasteiger partial charge in [-0.1, -0.05) is 19.4 Å². The van der Waals surface area contributed by atoms with Crippen LogP contribution in [0.3, 0.4) is 0 Å². The molecule has 0 aliphatic carbocycles. The molecule has 57 heavy (non-hydrogen) atoms. The normalized spacial score (nSPS) is 26.0. The summed E-state index contributed by atoms with van der Waals surface area (Å²) in [6, 6.07) is 1.18. The summed E-state index contributed by atoms with van der Waals surface area (Å²) < 4.78 is 59.0. The Morgan fingerprint density at radius 3 is 2.35 bits per heavy atom. The average molecular weight is 848 g/mol. The van der Waals surface area contributed by atoms with Crippen LogP contribution < -0.4 is 17.2 Å². The smallest absolute Gasteiger partial charge is 0.455 e. The Morgan fingerprint density at radius 1 is 1.02 bits per heavy atom. The first kappa shape index (κ1) is 43.9. The van der Waals surface area contributed by atoms with Crippen LogP contribution in [0.1, 0.15) is 45.1 Å². The number of anilines is 2. The summed E-state index contributed by atoms with van der Waals surface area (Å²) in [6.07, 6.45) is -6.81. The zero-order valence-electron chi connectivity index (χ0n) is 30.3. The maximum atomic E-state index is 13.4. The van der Waals surface area contributed by atoms with Gasteiger partial charge >= 0.3 is 27.3 Å². The van der Waals surface area contributed by atoms with E-state index in [2.05, 4.69) is 31.0 Å². The van der Waals surface area contributed by atoms with Crippen molar-refractivity contribution in [3.05, 3.63) is 48.1 Å². The SMILES string of the molecule is C=CCCC(=O)N(CCCC)CC(=O)O[C@H]1[C@@H](O)[C@H](n2cnc3c(N)ncnc32)O[C@@H]1COP(=O)(O)O[C@H]1[C@@H](O)[C@H](n2ccc(N)nc2=O)O[C@@H]1COP(=O)(O)O. The molecule has 2 fully saturated rings. The van der Waals surface area contributed by atoms with E-state index < -0.39 is 96.1 Å². The Hall–Kier alpha value is -4.23. The number of ether oxygens (including phenoxy) is 3. The molecule has 3 aromatic rings. The fourth-order valence-electron chi connectivity index (χ4n) is 6.01. The lowest BCUT2D eigenvalue weighted by molar-refractivity contribution is -0.160. The molecule has 0 bridgehead atoms. The first-order chi connectivity index (χ1) is 26.9. The number of esters is 1. The van der Waals surface area contributed by atoms with E-state index in [4.69, 9.17) is 34.7 Å². The highest BCUT2D eigenvalue weighted by Crippen LogP contribution is 2.50. The van der Waals surface area contributed by atoms with Gasteiger partial charge in [0, 0.05) is 19.2 Å². The van der Waals surface area contributed by atoms with Crippen LogP contribution in [0.15, 0.2) is 42.4 Å². The van der Waals surface area contributed by atoms with Crippen molar-refractivity contribution in [2.45, 2.75) is 81.7 Å². The van der Waals surface area contributed by atoms with Crippen molar-refractivity contribution in [2.24, 2.45) is 0 Å². The predicted octanol–water partition coefficient (Wildman–Crippen LogP) is -1.12. The van der Waals surface area contributed by atoms with E-state index in [-0.39, 0.29) is 41.7 Å². The van der Waals surface area contributed by atoms with Crippen molar-refractivity contribution in [3.63, 3.8) is 0 Å². The summed E-state index contributed by atoms with van der Waals surface area (Å²) in [5.74, 6) is -1.48. The number of imidazole rings is 1. The van der Waals surface area contributed by atoms with Crippen molar-refractivity contribution >= 4 is 50.3 Å². The number of phosphoric acid groups is 2. The molecule has 9 N–H and O–H groups in total. The minimum Gasteiger partial charge on any atom is -0.455 e. The van der Waals surface area contributed by atoms with Gasteiger partial charge in [0.05, 0.1) is 19.5 Å². The highest BCUT2D eigenvalue weighted by Gasteiger charge is 2.52. The van der Waals surface area contributed by atoms with Crippen LogP contribution in [0.25, 0.3) is 11.2 Å². The summed E-state index contributed by atoms with van der Waals surface area (Å²) in [4.78, 5) is 85.0. The van der Waals surface area contributed by atoms with Crippen LogP contribution in [0.5, 0.6) is 0 Å². The number of phosphoric ester groups is 2. The minimum absolute atomic E-state index is 0.00288. The molecule has 0 aromatic carbocycles. The zero-order chi connectivity index (χ0) is 41.7. The Labute approximate surface area is 323 Å². The number of hydrogen-bond donors (Lipinski definition) is 7. The molecule has 0 radical (unpaired) electrons. The number of allylic oxidation sites excluding steroid dienone is 1. The zero-order valence-corrected chi connectivity index (χ0v) is 32.1. The molecule has 314 valence electrons. The molecule has 3 aromatic heterocycles. The number of unbranched alkanes of at least 4 members (excludes halogenated alkanes) is 1. The van der Waals surface area contributed by atoms with Crippen molar-refractivity contribution < 1.29 is 71.4 Å². The predicted molar refractivity (Wildman–Crippen MR) is 192 cm³/mol. The number of carbonyl (C=O) groups is 2. The van der Waals surface area contributed by atoms with Gasteiger partial charge in [0.1, 0.15) is 54.7 Å². The van der Waals surface area contributed by atoms with Gasteiger partial charge in [0.25, 0.3) is 0 Å². The highest BCUT2D eigenvalue weighted by molar-refractivity contribution is 7.47. The monoisotopic (exact) mass is 847 g/mol. The topological polar surface area (TPSA) is 359 Å². The van der Waals surface area contributed by atoms with Crippen LogP contribution >= 0.6 is 15.6 Å². The van der Waals surface area contributed by atoms with E-state index in [9.17, 15) is 48.4 Å². The first-order valence-corrected chi connectivity index (χ1v) is 20.3. The number of aliphatic hydroxyl groups excluding tert-OH is 2. The second kappa shape index (κ2) is 18.6. The number of nitrogen functional groups attached to an aromatic ring is 2. The quantitative estimate of drug-likeness (QED) is 0.0427. The van der Waals surface area contributed by atoms with Crippen LogP contribution in [0.4, 0.5) is 11.6 Å². The number of aliphatic hydroxyl groups is 2. The third-order valence-electron chi connectivity index (χ3n) is 8.75. The number of carbonyl (C=O) groups excluding carboxylic acids is 2. The molecule has 0 saturated carbocycles. The van der Waals surface area contributed by atoms with E-state index >= 15 is 0 Å². The van der Waals surface area contributed by atoms with E-state index in [1.54, 1.807) is 6.08 Å². The summed E-state index contributed by atoms with van der Waals surface area (Å²) >= 11 is 0. The molecule has 5 rings (SSSR count). The molecule has 1 unspecified atom stereocenters. The van der Waals surface area contributed by atoms with Gasteiger partial charge < -0.3 is 55.5 Å². The number of fused-ring (bicyclic) bond motifs is 1. The van der Waals surface area contributed by atoms with Crippen molar-refractivity contribution in [3.8, 4) is 0 Å². The van der Waals surface area contributed by atoms with Crippen molar-refractivity contribution in [1.29, 1.82) is 0 Å². The largest absolute Gasteiger partial charge is 0.472 e. The highest BCUT2D eigenvalue weighted by atomic mass is 31.2. The number of rotatable bonds is 19. The Morgan fingerprint density at radius 2 is 1.68 bits per heavy atom. The Balaban J connectivity index is 1.37. The molecule has 2 aliphatic rings.